The molecule has 0 saturated carbocycles. The van der Waals surface area contributed by atoms with E-state index in [1.165, 1.54) is 0 Å². The van der Waals surface area contributed by atoms with Crippen molar-refractivity contribution in [3.05, 3.63) is 34.5 Å². The van der Waals surface area contributed by atoms with E-state index in [2.05, 4.69) is 20.7 Å². The molecule has 1 aromatic carbocycles. The third kappa shape index (κ3) is 6.62. The summed E-state index contributed by atoms with van der Waals surface area (Å²) >= 11 is 0. The second kappa shape index (κ2) is 12.6. The summed E-state index contributed by atoms with van der Waals surface area (Å²) in [5, 5.41) is 11.0. The first-order valence-electron chi connectivity index (χ1n) is 10.7. The van der Waals surface area contributed by atoms with Crippen LogP contribution in [0.2, 0.25) is 0 Å². The van der Waals surface area contributed by atoms with Gasteiger partial charge in [0.1, 0.15) is 5.82 Å². The molecular weight excluding hydrogens is 511 g/mol. The van der Waals surface area contributed by atoms with Crippen molar-refractivity contribution in [2.45, 2.75) is 52.6 Å². The Kier molecular flexibility index (Phi) is 10.2. The summed E-state index contributed by atoms with van der Waals surface area (Å²) in [5.41, 5.74) is 0.855. The van der Waals surface area contributed by atoms with E-state index in [9.17, 15) is 4.79 Å². The van der Waals surface area contributed by atoms with E-state index in [-0.39, 0.29) is 29.7 Å². The molecule has 31 heavy (non-hydrogen) atoms. The fraction of sp³-hybridized carbons (Fsp3) is 0.571. The molecule has 1 aromatic heterocycles. The van der Waals surface area contributed by atoms with Gasteiger partial charge in [-0.3, -0.25) is 9.56 Å². The Morgan fingerprint density at radius 2 is 2.10 bits per heavy atom. The van der Waals surface area contributed by atoms with Crippen LogP contribution in [0.25, 0.3) is 0 Å². The largest absolute Gasteiger partial charge is 0.493 e. The van der Waals surface area contributed by atoms with Gasteiger partial charge in [-0.25, -0.2) is 9.48 Å². The molecule has 1 aliphatic rings. The van der Waals surface area contributed by atoms with Crippen LogP contribution in [0, 0.1) is 0 Å². The van der Waals surface area contributed by atoms with Gasteiger partial charge >= 0.3 is 5.69 Å². The number of aryl methyl sites for hydroxylation is 2. The summed E-state index contributed by atoms with van der Waals surface area (Å²) in [6.07, 6.45) is 3.78. The SMILES string of the molecule is CCNC(=NCCCn1nc2n(c1=O)CCCC2)Nc1ccc(OCC)c(OC)c1.I. The predicted molar refractivity (Wildman–Crippen MR) is 133 cm³/mol. The second-order valence-corrected chi connectivity index (χ2v) is 7.07. The van der Waals surface area contributed by atoms with Gasteiger partial charge in [0, 0.05) is 44.4 Å². The van der Waals surface area contributed by atoms with Gasteiger partial charge < -0.3 is 20.1 Å². The highest BCUT2D eigenvalue weighted by Crippen LogP contribution is 2.30. The van der Waals surface area contributed by atoms with Crippen molar-refractivity contribution < 1.29 is 9.47 Å². The molecule has 0 bridgehead atoms. The number of ether oxygens (including phenoxy) is 2. The number of methoxy groups -OCH3 is 1. The molecule has 0 spiro atoms. The molecule has 2 aromatic rings. The van der Waals surface area contributed by atoms with Crippen molar-refractivity contribution in [2.75, 3.05) is 32.1 Å². The van der Waals surface area contributed by atoms with Crippen LogP contribution >= 0.6 is 24.0 Å². The minimum Gasteiger partial charge on any atom is -0.493 e. The lowest BCUT2D eigenvalue weighted by Gasteiger charge is -2.14. The van der Waals surface area contributed by atoms with Crippen LogP contribution in [-0.4, -0.2) is 47.1 Å². The molecule has 10 heteroatoms. The normalized spacial score (nSPS) is 13.2. The van der Waals surface area contributed by atoms with E-state index in [4.69, 9.17) is 9.47 Å². The van der Waals surface area contributed by atoms with Gasteiger partial charge in [-0.2, -0.15) is 5.10 Å². The van der Waals surface area contributed by atoms with Crippen molar-refractivity contribution in [3.63, 3.8) is 0 Å². The van der Waals surface area contributed by atoms with E-state index < -0.39 is 0 Å². The Bertz CT molecular complexity index is 924. The molecule has 172 valence electrons. The smallest absolute Gasteiger partial charge is 0.345 e. The molecular formula is C21H33IN6O3. The molecule has 0 saturated heterocycles. The maximum Gasteiger partial charge on any atom is 0.345 e. The van der Waals surface area contributed by atoms with Crippen molar-refractivity contribution in [1.29, 1.82) is 0 Å². The summed E-state index contributed by atoms with van der Waals surface area (Å²) in [4.78, 5) is 17.0. The zero-order valence-corrected chi connectivity index (χ0v) is 20.8. The number of fused-ring (bicyclic) bond motifs is 1. The topological polar surface area (TPSA) is 94.7 Å². The van der Waals surface area contributed by atoms with Crippen LogP contribution in [0.3, 0.4) is 0 Å². The molecule has 3 rings (SSSR count). The van der Waals surface area contributed by atoms with Gasteiger partial charge in [0.15, 0.2) is 17.5 Å². The number of hydrogen-bond donors (Lipinski definition) is 2. The second-order valence-electron chi connectivity index (χ2n) is 7.07. The Balaban J connectivity index is 0.00000341. The Labute approximate surface area is 200 Å². The third-order valence-corrected chi connectivity index (χ3v) is 4.90. The molecule has 0 atom stereocenters. The Morgan fingerprint density at radius 3 is 2.81 bits per heavy atom. The van der Waals surface area contributed by atoms with Gasteiger partial charge in [0.25, 0.3) is 0 Å². The first-order valence-corrected chi connectivity index (χ1v) is 10.7. The lowest BCUT2D eigenvalue weighted by Crippen LogP contribution is -2.31. The molecule has 0 aliphatic carbocycles. The molecule has 0 radical (unpaired) electrons. The first-order chi connectivity index (χ1) is 14.7. The number of anilines is 1. The van der Waals surface area contributed by atoms with Gasteiger partial charge in [-0.15, -0.1) is 24.0 Å². The highest BCUT2D eigenvalue weighted by atomic mass is 127. The van der Waals surface area contributed by atoms with Crippen LogP contribution in [0.4, 0.5) is 5.69 Å². The number of aromatic nitrogens is 3. The first kappa shape index (κ1) is 25.0. The number of benzene rings is 1. The zero-order valence-electron chi connectivity index (χ0n) is 18.5. The van der Waals surface area contributed by atoms with Gasteiger partial charge in [0.05, 0.1) is 13.7 Å². The maximum absolute atomic E-state index is 12.4. The third-order valence-electron chi connectivity index (χ3n) is 4.90. The Hall–Kier alpha value is -2.24. The van der Waals surface area contributed by atoms with Crippen LogP contribution in [0.1, 0.15) is 38.9 Å². The summed E-state index contributed by atoms with van der Waals surface area (Å²) in [5.74, 6) is 2.97. The summed E-state index contributed by atoms with van der Waals surface area (Å²) in [6, 6.07) is 5.68. The maximum atomic E-state index is 12.4. The number of hydrogen-bond acceptors (Lipinski definition) is 5. The molecule has 0 unspecified atom stereocenters. The number of nitrogens with zero attached hydrogens (tertiary/aromatic N) is 4. The van der Waals surface area contributed by atoms with Gasteiger partial charge in [0.2, 0.25) is 0 Å². The zero-order chi connectivity index (χ0) is 21.3. The lowest BCUT2D eigenvalue weighted by atomic mass is 10.2. The monoisotopic (exact) mass is 544 g/mol. The van der Waals surface area contributed by atoms with E-state index in [1.807, 2.05) is 32.0 Å². The quantitative estimate of drug-likeness (QED) is 0.218. The van der Waals surface area contributed by atoms with Gasteiger partial charge in [-0.05, 0) is 45.2 Å². The fourth-order valence-electron chi connectivity index (χ4n) is 3.47. The minimum atomic E-state index is 0. The molecule has 0 amide bonds. The lowest BCUT2D eigenvalue weighted by molar-refractivity contribution is 0.311. The predicted octanol–water partition coefficient (Wildman–Crippen LogP) is 2.87. The van der Waals surface area contributed by atoms with E-state index in [0.29, 0.717) is 37.2 Å². The molecule has 1 aliphatic heterocycles. The van der Waals surface area contributed by atoms with Gasteiger partial charge in [-0.1, -0.05) is 0 Å². The highest BCUT2D eigenvalue weighted by molar-refractivity contribution is 14.0. The van der Waals surface area contributed by atoms with E-state index in [0.717, 1.165) is 50.3 Å². The number of aliphatic imine (C=N–C) groups is 1. The molecule has 2 heterocycles. The van der Waals surface area contributed by atoms with Crippen molar-refractivity contribution >= 4 is 35.6 Å². The van der Waals surface area contributed by atoms with Crippen LogP contribution < -0.4 is 25.8 Å². The summed E-state index contributed by atoms with van der Waals surface area (Å²) in [7, 11) is 1.62. The molecule has 2 N–H and O–H groups in total. The van der Waals surface area contributed by atoms with E-state index in [1.54, 1.807) is 16.4 Å². The number of rotatable bonds is 9. The van der Waals surface area contributed by atoms with Crippen molar-refractivity contribution in [1.82, 2.24) is 19.7 Å². The van der Waals surface area contributed by atoms with Crippen molar-refractivity contribution in [2.24, 2.45) is 4.99 Å². The fourth-order valence-corrected chi connectivity index (χ4v) is 3.47. The van der Waals surface area contributed by atoms with Crippen LogP contribution in [-0.2, 0) is 19.5 Å². The van der Waals surface area contributed by atoms with Crippen LogP contribution in [0.15, 0.2) is 28.0 Å². The Morgan fingerprint density at radius 1 is 1.26 bits per heavy atom. The summed E-state index contributed by atoms with van der Waals surface area (Å²) in [6.45, 7) is 7.21. The average molecular weight is 544 g/mol. The number of guanidine groups is 1. The van der Waals surface area contributed by atoms with E-state index >= 15 is 0 Å². The highest BCUT2D eigenvalue weighted by Gasteiger charge is 2.16. The molecule has 0 fully saturated rings. The molecule has 9 nitrogen and oxygen atoms in total. The average Bonchev–Trinajstić information content (AvgIpc) is 3.08. The summed E-state index contributed by atoms with van der Waals surface area (Å²) < 4.78 is 14.3. The minimum absolute atomic E-state index is 0. The van der Waals surface area contributed by atoms with Crippen molar-refractivity contribution in [3.8, 4) is 11.5 Å². The number of nitrogens with one attached hydrogen (secondary N) is 2. The van der Waals surface area contributed by atoms with Crippen LogP contribution in [0.5, 0.6) is 11.5 Å². The standard InChI is InChI=1S/C21H32N6O3.HI/c1-4-22-20(24-16-10-11-17(30-5-2)18(15-16)29-3)23-12-8-14-27-21(28)26-13-7-6-9-19(26)25-27;/h10-11,15H,4-9,12-14H2,1-3H3,(H2,22,23,24);1H. The number of halogens is 1.